The maximum atomic E-state index is 12.8. The average Bonchev–Trinajstić information content (AvgIpc) is 2.12. The number of thiol groups is 1. The molecule has 3 nitrogen and oxygen atoms in total. The second kappa shape index (κ2) is 3.66. The molecule has 13 heavy (non-hydrogen) atoms. The quantitative estimate of drug-likeness (QED) is 0.537. The SMILES string of the molecule is COC(=O)c1cc(F)c(O)c(S)c1. The Kier molecular flexibility index (Phi) is 2.77. The summed E-state index contributed by atoms with van der Waals surface area (Å²) >= 11 is 3.77. The van der Waals surface area contributed by atoms with E-state index < -0.39 is 17.5 Å². The van der Waals surface area contributed by atoms with Crippen LogP contribution in [-0.2, 0) is 4.74 Å². The van der Waals surface area contributed by atoms with Crippen molar-refractivity contribution in [3.05, 3.63) is 23.5 Å². The highest BCUT2D eigenvalue weighted by Crippen LogP contribution is 2.26. The summed E-state index contributed by atoms with van der Waals surface area (Å²) in [6.45, 7) is 0. The molecule has 0 spiro atoms. The fraction of sp³-hybridized carbons (Fsp3) is 0.125. The van der Waals surface area contributed by atoms with Crippen molar-refractivity contribution in [1.29, 1.82) is 0 Å². The lowest BCUT2D eigenvalue weighted by Crippen LogP contribution is -2.01. The van der Waals surface area contributed by atoms with Crippen molar-refractivity contribution in [2.45, 2.75) is 4.90 Å². The standard InChI is InChI=1S/C8H7FO3S/c1-12-8(11)4-2-5(9)7(10)6(13)3-4/h2-3,10,13H,1H3. The topological polar surface area (TPSA) is 46.5 Å². The number of carbonyl (C=O) groups is 1. The van der Waals surface area contributed by atoms with Crippen LogP contribution in [0, 0.1) is 5.82 Å². The maximum absolute atomic E-state index is 12.8. The van der Waals surface area contributed by atoms with Crippen molar-refractivity contribution in [2.75, 3.05) is 7.11 Å². The second-order valence-corrected chi connectivity index (χ2v) is 2.80. The maximum Gasteiger partial charge on any atom is 0.337 e. The van der Waals surface area contributed by atoms with Crippen LogP contribution in [0.15, 0.2) is 17.0 Å². The molecule has 0 fully saturated rings. The fourth-order valence-electron chi connectivity index (χ4n) is 0.820. The third-order valence-electron chi connectivity index (χ3n) is 1.46. The van der Waals surface area contributed by atoms with E-state index in [1.165, 1.54) is 13.2 Å². The number of benzene rings is 1. The van der Waals surface area contributed by atoms with Gasteiger partial charge in [-0.1, -0.05) is 0 Å². The van der Waals surface area contributed by atoms with Crippen LogP contribution in [0.2, 0.25) is 0 Å². The van der Waals surface area contributed by atoms with Gasteiger partial charge in [0, 0.05) is 4.90 Å². The Morgan fingerprint density at radius 1 is 1.62 bits per heavy atom. The highest BCUT2D eigenvalue weighted by atomic mass is 32.1. The molecule has 0 radical (unpaired) electrons. The summed E-state index contributed by atoms with van der Waals surface area (Å²) in [6, 6.07) is 2.12. The molecule has 1 N–H and O–H groups in total. The number of ether oxygens (including phenoxy) is 1. The van der Waals surface area contributed by atoms with Crippen LogP contribution >= 0.6 is 12.6 Å². The minimum absolute atomic E-state index is 0.000370. The van der Waals surface area contributed by atoms with Crippen molar-refractivity contribution in [3.63, 3.8) is 0 Å². The van der Waals surface area contributed by atoms with Crippen LogP contribution in [0.1, 0.15) is 10.4 Å². The number of rotatable bonds is 1. The normalized spacial score (nSPS) is 9.77. The highest BCUT2D eigenvalue weighted by Gasteiger charge is 2.12. The Bertz CT molecular complexity index is 328. The molecule has 0 saturated carbocycles. The number of methoxy groups -OCH3 is 1. The van der Waals surface area contributed by atoms with E-state index in [1.807, 2.05) is 0 Å². The van der Waals surface area contributed by atoms with E-state index in [-0.39, 0.29) is 10.5 Å². The van der Waals surface area contributed by atoms with E-state index in [2.05, 4.69) is 17.4 Å². The molecule has 0 aromatic heterocycles. The van der Waals surface area contributed by atoms with Gasteiger partial charge in [-0.25, -0.2) is 9.18 Å². The number of hydrogen-bond donors (Lipinski definition) is 2. The summed E-state index contributed by atoms with van der Waals surface area (Å²) in [7, 11) is 1.19. The van der Waals surface area contributed by atoms with Gasteiger partial charge in [0.1, 0.15) is 0 Å². The number of phenolic OH excluding ortho intramolecular Hbond substituents is 1. The molecule has 0 bridgehead atoms. The summed E-state index contributed by atoms with van der Waals surface area (Å²) in [6.07, 6.45) is 0. The zero-order chi connectivity index (χ0) is 10.0. The van der Waals surface area contributed by atoms with E-state index in [0.29, 0.717) is 0 Å². The van der Waals surface area contributed by atoms with Gasteiger partial charge < -0.3 is 9.84 Å². The summed E-state index contributed by atoms with van der Waals surface area (Å²) < 4.78 is 17.2. The third kappa shape index (κ3) is 1.92. The van der Waals surface area contributed by atoms with E-state index in [0.717, 1.165) is 6.07 Å². The molecule has 0 saturated heterocycles. The monoisotopic (exact) mass is 202 g/mol. The lowest BCUT2D eigenvalue weighted by atomic mass is 10.2. The van der Waals surface area contributed by atoms with Crippen molar-refractivity contribution >= 4 is 18.6 Å². The van der Waals surface area contributed by atoms with Gasteiger partial charge >= 0.3 is 5.97 Å². The first kappa shape index (κ1) is 9.85. The van der Waals surface area contributed by atoms with Gasteiger partial charge in [0.15, 0.2) is 11.6 Å². The first-order valence-corrected chi connectivity index (χ1v) is 3.80. The lowest BCUT2D eigenvalue weighted by Gasteiger charge is -2.02. The van der Waals surface area contributed by atoms with Crippen molar-refractivity contribution in [3.8, 4) is 5.75 Å². The number of aromatic hydroxyl groups is 1. The molecule has 0 aliphatic rings. The molecular formula is C8H7FO3S. The van der Waals surface area contributed by atoms with Crippen LogP contribution in [0.25, 0.3) is 0 Å². The number of esters is 1. The van der Waals surface area contributed by atoms with Crippen molar-refractivity contribution < 1.29 is 19.0 Å². The molecule has 1 aromatic carbocycles. The fourth-order valence-corrected chi connectivity index (χ4v) is 1.07. The van der Waals surface area contributed by atoms with E-state index in [9.17, 15) is 9.18 Å². The predicted octanol–water partition coefficient (Wildman–Crippen LogP) is 1.61. The van der Waals surface area contributed by atoms with Crippen molar-refractivity contribution in [1.82, 2.24) is 0 Å². The predicted molar refractivity (Wildman–Crippen MR) is 46.7 cm³/mol. The van der Waals surface area contributed by atoms with Crippen molar-refractivity contribution in [2.24, 2.45) is 0 Å². The number of carbonyl (C=O) groups excluding carboxylic acids is 1. The average molecular weight is 202 g/mol. The van der Waals surface area contributed by atoms with Gasteiger partial charge in [-0.2, -0.15) is 0 Å². The van der Waals surface area contributed by atoms with Crippen LogP contribution in [0.4, 0.5) is 4.39 Å². The lowest BCUT2D eigenvalue weighted by molar-refractivity contribution is 0.0600. The Balaban J connectivity index is 3.20. The Morgan fingerprint density at radius 2 is 2.23 bits per heavy atom. The molecule has 70 valence electrons. The minimum atomic E-state index is -0.895. The zero-order valence-corrected chi connectivity index (χ0v) is 7.64. The smallest absolute Gasteiger partial charge is 0.337 e. The van der Waals surface area contributed by atoms with Gasteiger partial charge in [0.25, 0.3) is 0 Å². The zero-order valence-electron chi connectivity index (χ0n) is 6.74. The Labute approximate surface area is 79.6 Å². The summed E-state index contributed by atoms with van der Waals surface area (Å²) in [5.41, 5.74) is 0.0165. The first-order valence-electron chi connectivity index (χ1n) is 3.36. The number of hydrogen-bond acceptors (Lipinski definition) is 4. The summed E-state index contributed by atoms with van der Waals surface area (Å²) in [5, 5.41) is 8.98. The molecule has 0 amide bonds. The van der Waals surface area contributed by atoms with Gasteiger partial charge in [-0.3, -0.25) is 0 Å². The molecule has 0 aliphatic carbocycles. The van der Waals surface area contributed by atoms with Gasteiger partial charge in [-0.15, -0.1) is 12.6 Å². The van der Waals surface area contributed by atoms with Gasteiger partial charge in [0.05, 0.1) is 12.7 Å². The molecule has 5 heteroatoms. The largest absolute Gasteiger partial charge is 0.504 e. The molecule has 0 aliphatic heterocycles. The molecule has 0 unspecified atom stereocenters. The summed E-state index contributed by atoms with van der Waals surface area (Å²) in [4.78, 5) is 10.9. The molecular weight excluding hydrogens is 195 g/mol. The molecule has 0 heterocycles. The van der Waals surface area contributed by atoms with Crippen LogP contribution < -0.4 is 0 Å². The van der Waals surface area contributed by atoms with Crippen LogP contribution in [0.3, 0.4) is 0 Å². The third-order valence-corrected chi connectivity index (χ3v) is 1.81. The number of phenols is 1. The molecule has 1 rings (SSSR count). The summed E-state index contributed by atoms with van der Waals surface area (Å²) in [5.74, 6) is -2.14. The van der Waals surface area contributed by atoms with Gasteiger partial charge in [0.2, 0.25) is 0 Å². The highest BCUT2D eigenvalue weighted by molar-refractivity contribution is 7.80. The second-order valence-electron chi connectivity index (χ2n) is 2.32. The molecule has 1 aromatic rings. The molecule has 0 atom stereocenters. The van der Waals surface area contributed by atoms with E-state index >= 15 is 0 Å². The minimum Gasteiger partial charge on any atom is -0.504 e. The van der Waals surface area contributed by atoms with Crippen LogP contribution in [0.5, 0.6) is 5.75 Å². The van der Waals surface area contributed by atoms with Gasteiger partial charge in [-0.05, 0) is 12.1 Å². The Hall–Kier alpha value is -1.23. The Morgan fingerprint density at radius 3 is 2.69 bits per heavy atom. The van der Waals surface area contributed by atoms with E-state index in [4.69, 9.17) is 5.11 Å². The first-order chi connectivity index (χ1) is 6.06. The van der Waals surface area contributed by atoms with Crippen LogP contribution in [-0.4, -0.2) is 18.2 Å². The number of halogens is 1. The van der Waals surface area contributed by atoms with E-state index in [1.54, 1.807) is 0 Å².